The normalized spacial score (nSPS) is 12.2. The standard InChI is InChI=1S/C13H18F3N3.HI/c1-9(2)10-4-3-5-11(8-10)19-12(17)18-7-6-13(14,15)16;/h3-5,8-9H,6-7H2,1-2H3,(H3,17,18,19);1H. The average molecular weight is 401 g/mol. The van der Waals surface area contributed by atoms with Gasteiger partial charge in [0.25, 0.3) is 0 Å². The van der Waals surface area contributed by atoms with E-state index in [9.17, 15) is 13.2 Å². The SMILES string of the molecule is CC(C)c1cccc(NC(N)=NCCC(F)(F)F)c1.I. The number of nitrogens with two attached hydrogens (primary N) is 1. The van der Waals surface area contributed by atoms with E-state index in [2.05, 4.69) is 24.2 Å². The van der Waals surface area contributed by atoms with Gasteiger partial charge < -0.3 is 11.1 Å². The Labute approximate surface area is 133 Å². The van der Waals surface area contributed by atoms with Crippen molar-refractivity contribution in [3.63, 3.8) is 0 Å². The summed E-state index contributed by atoms with van der Waals surface area (Å²) in [7, 11) is 0. The summed E-state index contributed by atoms with van der Waals surface area (Å²) in [5, 5.41) is 2.78. The molecule has 0 fully saturated rings. The van der Waals surface area contributed by atoms with Crippen molar-refractivity contribution in [3.05, 3.63) is 29.8 Å². The molecule has 0 saturated heterocycles. The van der Waals surface area contributed by atoms with Crippen LogP contribution in [0.2, 0.25) is 0 Å². The second-order valence-corrected chi connectivity index (χ2v) is 4.54. The molecule has 1 aromatic carbocycles. The number of halogens is 4. The molecule has 114 valence electrons. The average Bonchev–Trinajstić information content (AvgIpc) is 2.27. The largest absolute Gasteiger partial charge is 0.390 e. The molecule has 0 aromatic heterocycles. The molecule has 0 bridgehead atoms. The van der Waals surface area contributed by atoms with Gasteiger partial charge in [-0.25, -0.2) is 0 Å². The van der Waals surface area contributed by atoms with Gasteiger partial charge in [-0.3, -0.25) is 4.99 Å². The van der Waals surface area contributed by atoms with Crippen molar-refractivity contribution in [2.75, 3.05) is 11.9 Å². The van der Waals surface area contributed by atoms with E-state index in [0.717, 1.165) is 11.3 Å². The number of hydrogen-bond acceptors (Lipinski definition) is 1. The van der Waals surface area contributed by atoms with Crippen LogP contribution >= 0.6 is 24.0 Å². The summed E-state index contributed by atoms with van der Waals surface area (Å²) in [5.41, 5.74) is 7.37. The highest BCUT2D eigenvalue weighted by atomic mass is 127. The first kappa shape index (κ1) is 19.0. The van der Waals surface area contributed by atoms with E-state index in [0.29, 0.717) is 5.92 Å². The molecule has 20 heavy (non-hydrogen) atoms. The zero-order valence-corrected chi connectivity index (χ0v) is 13.7. The lowest BCUT2D eigenvalue weighted by Crippen LogP contribution is -2.23. The van der Waals surface area contributed by atoms with Gasteiger partial charge in [0.15, 0.2) is 5.96 Å². The lowest BCUT2D eigenvalue weighted by atomic mass is 10.0. The van der Waals surface area contributed by atoms with Gasteiger partial charge in [-0.15, -0.1) is 24.0 Å². The molecule has 0 aliphatic heterocycles. The Balaban J connectivity index is 0.00000361. The highest BCUT2D eigenvalue weighted by Crippen LogP contribution is 2.19. The molecule has 0 radical (unpaired) electrons. The van der Waals surface area contributed by atoms with Gasteiger partial charge >= 0.3 is 6.18 Å². The summed E-state index contributed by atoms with van der Waals surface area (Å²) in [6.45, 7) is 3.74. The minimum absolute atomic E-state index is 0. The van der Waals surface area contributed by atoms with Gasteiger partial charge in [0, 0.05) is 5.69 Å². The molecule has 0 aliphatic rings. The summed E-state index contributed by atoms with van der Waals surface area (Å²) in [4.78, 5) is 3.64. The quantitative estimate of drug-likeness (QED) is 0.454. The fourth-order valence-electron chi connectivity index (χ4n) is 1.47. The Hall–Kier alpha value is -0.990. The van der Waals surface area contributed by atoms with Gasteiger partial charge in [0.05, 0.1) is 13.0 Å². The Morgan fingerprint density at radius 2 is 2.00 bits per heavy atom. The summed E-state index contributed by atoms with van der Waals surface area (Å²) < 4.78 is 35.8. The fraction of sp³-hybridized carbons (Fsp3) is 0.462. The minimum Gasteiger partial charge on any atom is -0.370 e. The molecule has 3 nitrogen and oxygen atoms in total. The molecule has 0 spiro atoms. The summed E-state index contributed by atoms with van der Waals surface area (Å²) in [5.74, 6) is 0.357. The third-order valence-corrected chi connectivity index (χ3v) is 2.50. The van der Waals surface area contributed by atoms with E-state index in [1.807, 2.05) is 18.2 Å². The number of benzene rings is 1. The number of nitrogens with one attached hydrogen (secondary N) is 1. The van der Waals surface area contributed by atoms with Crippen LogP contribution in [0.5, 0.6) is 0 Å². The Morgan fingerprint density at radius 1 is 1.35 bits per heavy atom. The van der Waals surface area contributed by atoms with Gasteiger partial charge in [0.2, 0.25) is 0 Å². The molecule has 1 rings (SSSR count). The highest BCUT2D eigenvalue weighted by Gasteiger charge is 2.26. The number of nitrogens with zero attached hydrogens (tertiary/aromatic N) is 1. The summed E-state index contributed by atoms with van der Waals surface area (Å²) in [6.07, 6.45) is -5.18. The van der Waals surface area contributed by atoms with E-state index in [1.165, 1.54) is 0 Å². The molecule has 0 saturated carbocycles. The van der Waals surface area contributed by atoms with E-state index in [-0.39, 0.29) is 36.5 Å². The molecular formula is C13H19F3IN3. The number of hydrogen-bond donors (Lipinski definition) is 2. The molecule has 0 unspecified atom stereocenters. The third-order valence-electron chi connectivity index (χ3n) is 2.50. The van der Waals surface area contributed by atoms with E-state index < -0.39 is 12.6 Å². The van der Waals surface area contributed by atoms with Gasteiger partial charge in [-0.05, 0) is 23.6 Å². The van der Waals surface area contributed by atoms with Crippen LogP contribution in [0.25, 0.3) is 0 Å². The number of anilines is 1. The van der Waals surface area contributed by atoms with Crippen molar-refractivity contribution in [3.8, 4) is 0 Å². The van der Waals surface area contributed by atoms with Gasteiger partial charge in [-0.1, -0.05) is 26.0 Å². The van der Waals surface area contributed by atoms with E-state index in [4.69, 9.17) is 5.73 Å². The third kappa shape index (κ3) is 7.56. The number of aliphatic imine (C=N–C) groups is 1. The van der Waals surface area contributed by atoms with Crippen LogP contribution in [0.15, 0.2) is 29.3 Å². The van der Waals surface area contributed by atoms with Crippen LogP contribution in [0, 0.1) is 0 Å². The highest BCUT2D eigenvalue weighted by molar-refractivity contribution is 14.0. The first-order valence-electron chi connectivity index (χ1n) is 6.01. The van der Waals surface area contributed by atoms with Crippen LogP contribution in [-0.2, 0) is 0 Å². The summed E-state index contributed by atoms with van der Waals surface area (Å²) >= 11 is 0. The van der Waals surface area contributed by atoms with Gasteiger partial charge in [-0.2, -0.15) is 13.2 Å². The molecule has 7 heteroatoms. The van der Waals surface area contributed by atoms with Crippen LogP contribution < -0.4 is 11.1 Å². The maximum Gasteiger partial charge on any atom is 0.390 e. The molecule has 1 aromatic rings. The zero-order chi connectivity index (χ0) is 14.5. The fourth-order valence-corrected chi connectivity index (χ4v) is 1.47. The van der Waals surface area contributed by atoms with Crippen molar-refractivity contribution in [1.82, 2.24) is 0 Å². The van der Waals surface area contributed by atoms with Crippen LogP contribution in [-0.4, -0.2) is 18.7 Å². The molecule has 0 aliphatic carbocycles. The van der Waals surface area contributed by atoms with Crippen molar-refractivity contribution in [2.45, 2.75) is 32.4 Å². The van der Waals surface area contributed by atoms with Crippen molar-refractivity contribution < 1.29 is 13.2 Å². The summed E-state index contributed by atoms with van der Waals surface area (Å²) in [6, 6.07) is 7.53. The number of rotatable bonds is 4. The van der Waals surface area contributed by atoms with Crippen LogP contribution in [0.1, 0.15) is 31.7 Å². The molecule has 0 atom stereocenters. The first-order chi connectivity index (χ1) is 8.78. The van der Waals surface area contributed by atoms with Crippen molar-refractivity contribution >= 4 is 35.6 Å². The molecule has 3 N–H and O–H groups in total. The maximum absolute atomic E-state index is 11.9. The second kappa shape index (κ2) is 8.33. The van der Waals surface area contributed by atoms with Crippen LogP contribution in [0.3, 0.4) is 0 Å². The predicted octanol–water partition coefficient (Wildman–Crippen LogP) is 4.11. The topological polar surface area (TPSA) is 50.4 Å². The smallest absolute Gasteiger partial charge is 0.370 e. The number of alkyl halides is 3. The first-order valence-corrected chi connectivity index (χ1v) is 6.01. The Morgan fingerprint density at radius 3 is 2.55 bits per heavy atom. The zero-order valence-electron chi connectivity index (χ0n) is 11.4. The number of guanidine groups is 1. The molecule has 0 heterocycles. The lowest BCUT2D eigenvalue weighted by molar-refractivity contribution is -0.132. The van der Waals surface area contributed by atoms with Crippen LogP contribution in [0.4, 0.5) is 18.9 Å². The monoisotopic (exact) mass is 401 g/mol. The van der Waals surface area contributed by atoms with Gasteiger partial charge in [0.1, 0.15) is 0 Å². The van der Waals surface area contributed by atoms with E-state index in [1.54, 1.807) is 6.07 Å². The maximum atomic E-state index is 11.9. The van der Waals surface area contributed by atoms with E-state index >= 15 is 0 Å². The lowest BCUT2D eigenvalue weighted by Gasteiger charge is -2.10. The second-order valence-electron chi connectivity index (χ2n) is 4.54. The Kier molecular flexibility index (Phi) is 7.92. The predicted molar refractivity (Wildman–Crippen MR) is 86.7 cm³/mol. The molecular weight excluding hydrogens is 382 g/mol. The molecule has 0 amide bonds. The van der Waals surface area contributed by atoms with Crippen molar-refractivity contribution in [1.29, 1.82) is 0 Å². The Bertz CT molecular complexity index is 445. The van der Waals surface area contributed by atoms with Crippen molar-refractivity contribution in [2.24, 2.45) is 10.7 Å². The minimum atomic E-state index is -4.21.